The summed E-state index contributed by atoms with van der Waals surface area (Å²) in [5, 5.41) is 3.51. The first-order valence-corrected chi connectivity index (χ1v) is 5.46. The average Bonchev–Trinajstić information content (AvgIpc) is 2.91. The minimum absolute atomic E-state index is 0.951. The van der Waals surface area contributed by atoms with Crippen LogP contribution in [-0.4, -0.2) is 18.1 Å². The van der Waals surface area contributed by atoms with Crippen LogP contribution in [0.25, 0.3) is 0 Å². The number of hydrogen-bond acceptors (Lipinski definition) is 2. The van der Waals surface area contributed by atoms with Crippen molar-refractivity contribution in [2.24, 2.45) is 11.8 Å². The molecule has 0 saturated heterocycles. The Hall–Kier alpha value is -0.890. The standard InChI is InChI=1S/C12H18N2/c1-10-8-12(10)9-14-7-4-11-2-5-13-6-3-11/h2-3,5-6,10,12,14H,4,7-9H2,1H3. The molecule has 1 aromatic rings. The van der Waals surface area contributed by atoms with E-state index in [1.54, 1.807) is 0 Å². The summed E-state index contributed by atoms with van der Waals surface area (Å²) >= 11 is 0. The zero-order chi connectivity index (χ0) is 9.80. The van der Waals surface area contributed by atoms with Crippen LogP contribution in [0.2, 0.25) is 0 Å². The number of nitrogens with zero attached hydrogens (tertiary/aromatic N) is 1. The van der Waals surface area contributed by atoms with Gasteiger partial charge in [0.1, 0.15) is 0 Å². The van der Waals surface area contributed by atoms with Gasteiger partial charge in [-0.1, -0.05) is 6.92 Å². The van der Waals surface area contributed by atoms with Gasteiger partial charge in [0.2, 0.25) is 0 Å². The molecule has 1 heterocycles. The van der Waals surface area contributed by atoms with Crippen LogP contribution in [0.1, 0.15) is 18.9 Å². The zero-order valence-corrected chi connectivity index (χ0v) is 8.74. The van der Waals surface area contributed by atoms with Crippen LogP contribution in [0.5, 0.6) is 0 Å². The Morgan fingerprint density at radius 1 is 1.43 bits per heavy atom. The Balaban J connectivity index is 1.59. The van der Waals surface area contributed by atoms with Crippen LogP contribution in [0.3, 0.4) is 0 Å². The predicted octanol–water partition coefficient (Wildman–Crippen LogP) is 1.87. The summed E-state index contributed by atoms with van der Waals surface area (Å²) in [7, 11) is 0. The van der Waals surface area contributed by atoms with Gasteiger partial charge in [0.25, 0.3) is 0 Å². The second-order valence-electron chi connectivity index (χ2n) is 4.28. The highest BCUT2D eigenvalue weighted by molar-refractivity contribution is 5.09. The van der Waals surface area contributed by atoms with Gasteiger partial charge >= 0.3 is 0 Å². The molecule has 1 N–H and O–H groups in total. The second kappa shape index (κ2) is 4.56. The smallest absolute Gasteiger partial charge is 0.0270 e. The molecule has 0 aliphatic heterocycles. The molecule has 1 fully saturated rings. The van der Waals surface area contributed by atoms with Crippen molar-refractivity contribution < 1.29 is 0 Å². The molecule has 1 aliphatic rings. The van der Waals surface area contributed by atoms with Crippen LogP contribution in [0.15, 0.2) is 24.5 Å². The van der Waals surface area contributed by atoms with E-state index < -0.39 is 0 Å². The van der Waals surface area contributed by atoms with Crippen molar-refractivity contribution in [1.29, 1.82) is 0 Å². The quantitative estimate of drug-likeness (QED) is 0.717. The van der Waals surface area contributed by atoms with Crippen molar-refractivity contribution in [1.82, 2.24) is 10.3 Å². The van der Waals surface area contributed by atoms with Gasteiger partial charge in [-0.05, 0) is 55.5 Å². The maximum atomic E-state index is 4.00. The van der Waals surface area contributed by atoms with Gasteiger partial charge in [-0.15, -0.1) is 0 Å². The summed E-state index contributed by atoms with van der Waals surface area (Å²) in [6.45, 7) is 4.62. The maximum absolute atomic E-state index is 4.00. The highest BCUT2D eigenvalue weighted by Crippen LogP contribution is 2.36. The number of rotatable bonds is 5. The predicted molar refractivity (Wildman–Crippen MR) is 58.1 cm³/mol. The van der Waals surface area contributed by atoms with E-state index >= 15 is 0 Å². The number of nitrogens with one attached hydrogen (secondary N) is 1. The maximum Gasteiger partial charge on any atom is 0.0270 e. The van der Waals surface area contributed by atoms with Gasteiger partial charge in [-0.25, -0.2) is 0 Å². The molecule has 0 spiro atoms. The fourth-order valence-electron chi connectivity index (χ4n) is 1.75. The Morgan fingerprint density at radius 3 is 2.79 bits per heavy atom. The van der Waals surface area contributed by atoms with E-state index in [1.807, 2.05) is 12.4 Å². The van der Waals surface area contributed by atoms with E-state index in [4.69, 9.17) is 0 Å². The molecule has 2 nitrogen and oxygen atoms in total. The van der Waals surface area contributed by atoms with E-state index in [1.165, 1.54) is 18.5 Å². The number of pyridine rings is 1. The Morgan fingerprint density at radius 2 is 2.14 bits per heavy atom. The lowest BCUT2D eigenvalue weighted by molar-refractivity contribution is 0.612. The summed E-state index contributed by atoms with van der Waals surface area (Å²) < 4.78 is 0. The van der Waals surface area contributed by atoms with Gasteiger partial charge in [0.05, 0.1) is 0 Å². The van der Waals surface area contributed by atoms with Crippen molar-refractivity contribution in [3.8, 4) is 0 Å². The van der Waals surface area contributed by atoms with Gasteiger partial charge < -0.3 is 5.32 Å². The minimum Gasteiger partial charge on any atom is -0.316 e. The van der Waals surface area contributed by atoms with Crippen molar-refractivity contribution in [3.63, 3.8) is 0 Å². The molecule has 0 radical (unpaired) electrons. The minimum atomic E-state index is 0.951. The van der Waals surface area contributed by atoms with Crippen molar-refractivity contribution in [3.05, 3.63) is 30.1 Å². The fraction of sp³-hybridized carbons (Fsp3) is 0.583. The fourth-order valence-corrected chi connectivity index (χ4v) is 1.75. The van der Waals surface area contributed by atoms with Crippen LogP contribution >= 0.6 is 0 Å². The second-order valence-corrected chi connectivity index (χ2v) is 4.28. The molecule has 2 atom stereocenters. The first-order valence-electron chi connectivity index (χ1n) is 5.46. The van der Waals surface area contributed by atoms with Gasteiger partial charge in [0.15, 0.2) is 0 Å². The monoisotopic (exact) mass is 190 g/mol. The molecule has 2 unspecified atom stereocenters. The molecular formula is C12H18N2. The third-order valence-corrected chi connectivity index (χ3v) is 3.02. The largest absolute Gasteiger partial charge is 0.316 e. The van der Waals surface area contributed by atoms with Gasteiger partial charge in [0, 0.05) is 12.4 Å². The molecule has 1 saturated carbocycles. The molecule has 0 aromatic carbocycles. The lowest BCUT2D eigenvalue weighted by Crippen LogP contribution is -2.20. The summed E-state index contributed by atoms with van der Waals surface area (Å²) in [4.78, 5) is 4.00. The third-order valence-electron chi connectivity index (χ3n) is 3.02. The third kappa shape index (κ3) is 2.81. The molecule has 14 heavy (non-hydrogen) atoms. The summed E-state index contributed by atoms with van der Waals surface area (Å²) in [6.07, 6.45) is 6.25. The SMILES string of the molecule is CC1CC1CNCCc1ccncc1. The molecule has 2 rings (SSSR count). The zero-order valence-electron chi connectivity index (χ0n) is 8.74. The van der Waals surface area contributed by atoms with Crippen LogP contribution < -0.4 is 5.32 Å². The van der Waals surface area contributed by atoms with E-state index in [0.29, 0.717) is 0 Å². The highest BCUT2D eigenvalue weighted by atomic mass is 14.9. The highest BCUT2D eigenvalue weighted by Gasteiger charge is 2.31. The molecule has 0 amide bonds. The van der Waals surface area contributed by atoms with E-state index in [0.717, 1.165) is 24.8 Å². The topological polar surface area (TPSA) is 24.9 Å². The molecule has 0 bridgehead atoms. The number of hydrogen-bond donors (Lipinski definition) is 1. The average molecular weight is 190 g/mol. The first-order chi connectivity index (χ1) is 6.86. The summed E-state index contributed by atoms with van der Waals surface area (Å²) in [6, 6.07) is 4.17. The Kier molecular flexibility index (Phi) is 3.14. The van der Waals surface area contributed by atoms with E-state index in [9.17, 15) is 0 Å². The lowest BCUT2D eigenvalue weighted by Gasteiger charge is -2.03. The van der Waals surface area contributed by atoms with E-state index in [-0.39, 0.29) is 0 Å². The summed E-state index contributed by atoms with van der Waals surface area (Å²) in [5.41, 5.74) is 1.37. The van der Waals surface area contributed by atoms with Crippen molar-refractivity contribution in [2.45, 2.75) is 19.8 Å². The molecule has 2 heteroatoms. The van der Waals surface area contributed by atoms with E-state index in [2.05, 4.69) is 29.4 Å². The Bertz CT molecular complexity index is 271. The Labute approximate surface area is 85.7 Å². The van der Waals surface area contributed by atoms with Gasteiger partial charge in [-0.2, -0.15) is 0 Å². The normalized spacial score (nSPS) is 24.9. The summed E-state index contributed by atoms with van der Waals surface area (Å²) in [5.74, 6) is 1.91. The van der Waals surface area contributed by atoms with Gasteiger partial charge in [-0.3, -0.25) is 4.98 Å². The van der Waals surface area contributed by atoms with Crippen molar-refractivity contribution in [2.75, 3.05) is 13.1 Å². The molecular weight excluding hydrogens is 172 g/mol. The van der Waals surface area contributed by atoms with Crippen molar-refractivity contribution >= 4 is 0 Å². The van der Waals surface area contributed by atoms with Crippen LogP contribution in [0.4, 0.5) is 0 Å². The molecule has 76 valence electrons. The molecule has 1 aliphatic carbocycles. The molecule has 1 aromatic heterocycles. The van der Waals surface area contributed by atoms with Crippen LogP contribution in [-0.2, 0) is 6.42 Å². The van der Waals surface area contributed by atoms with Crippen LogP contribution in [0, 0.1) is 11.8 Å². The number of aromatic nitrogens is 1. The lowest BCUT2D eigenvalue weighted by atomic mass is 10.2. The first kappa shape index (κ1) is 9.66.